The van der Waals surface area contributed by atoms with Crippen LogP contribution in [0.1, 0.15) is 219 Å². The van der Waals surface area contributed by atoms with Crippen molar-refractivity contribution in [2.75, 3.05) is 19.8 Å². The number of aliphatic hydroxyl groups is 8. The highest BCUT2D eigenvalue weighted by atomic mass is 16.7. The van der Waals surface area contributed by atoms with Crippen LogP contribution in [0.5, 0.6) is 0 Å². The van der Waals surface area contributed by atoms with Gasteiger partial charge in [-0.1, -0.05) is 227 Å². The zero-order valence-electron chi connectivity index (χ0n) is 48.4. The lowest BCUT2D eigenvalue weighted by Crippen LogP contribution is -2.65. The molecule has 2 aliphatic rings. The molecular formula is C64H111NO13. The second-order valence-electron chi connectivity index (χ2n) is 21.4. The standard InChI is InChI=1S/C64H111NO13/c1-3-5-7-9-11-13-15-17-18-19-20-21-22-23-24-25-26-27-28-29-30-31-32-33-34-36-37-39-41-43-45-47-53(68)52(65-56(69)48-46-44-42-40-38-35-16-14-12-10-8-6-4-2)51-75-63-61(74)59(72)62(55(50-67)77-63)78-64-60(73)58(71)57(70)54(49-66)76-64/h6,8,12,14,32-33,35,37-39,42,44-45,47,52-55,57-64,66-68,70-74H,3-5,7,9-11,13,15-31,34,36,40-41,43,46,48-51H2,1-2H3,(H,65,69)/b8-6-,14-12-,33-32+,38-35-,39-37+,44-42-,47-45+. The van der Waals surface area contributed by atoms with Crippen LogP contribution in [0.15, 0.2) is 85.1 Å². The molecule has 1 amide bonds. The maximum Gasteiger partial charge on any atom is 0.220 e. The van der Waals surface area contributed by atoms with Crippen LogP contribution in [0.3, 0.4) is 0 Å². The van der Waals surface area contributed by atoms with Gasteiger partial charge in [-0.25, -0.2) is 0 Å². The molecule has 0 bridgehead atoms. The summed E-state index contributed by atoms with van der Waals surface area (Å²) in [5.41, 5.74) is 0. The second-order valence-corrected chi connectivity index (χ2v) is 21.4. The summed E-state index contributed by atoms with van der Waals surface area (Å²) in [4.78, 5) is 13.2. The Morgan fingerprint density at radius 1 is 0.474 bits per heavy atom. The van der Waals surface area contributed by atoms with Gasteiger partial charge in [0.1, 0.15) is 48.8 Å². The molecule has 0 aliphatic carbocycles. The van der Waals surface area contributed by atoms with Gasteiger partial charge in [0.2, 0.25) is 5.91 Å². The number of carbonyl (C=O) groups is 1. The van der Waals surface area contributed by atoms with Gasteiger partial charge in [0.25, 0.3) is 0 Å². The van der Waals surface area contributed by atoms with Crippen LogP contribution in [0, 0.1) is 0 Å². The van der Waals surface area contributed by atoms with Gasteiger partial charge >= 0.3 is 0 Å². The number of aliphatic hydroxyl groups excluding tert-OH is 8. The zero-order valence-corrected chi connectivity index (χ0v) is 48.4. The fourth-order valence-electron chi connectivity index (χ4n) is 9.63. The first kappa shape index (κ1) is 71.3. The highest BCUT2D eigenvalue weighted by molar-refractivity contribution is 5.76. The Kier molecular flexibility index (Phi) is 44.6. The number of ether oxygens (including phenoxy) is 4. The maximum absolute atomic E-state index is 13.2. The lowest BCUT2D eigenvalue weighted by molar-refractivity contribution is -0.359. The van der Waals surface area contributed by atoms with Gasteiger partial charge in [0.05, 0.1) is 32.0 Å². The molecule has 450 valence electrons. The first-order valence-corrected chi connectivity index (χ1v) is 30.8. The molecule has 14 heteroatoms. The van der Waals surface area contributed by atoms with Crippen molar-refractivity contribution in [1.29, 1.82) is 0 Å². The normalized spacial score (nSPS) is 25.2. The summed E-state index contributed by atoms with van der Waals surface area (Å²) in [5.74, 6) is -0.335. The van der Waals surface area contributed by atoms with Crippen molar-refractivity contribution in [2.24, 2.45) is 0 Å². The number of nitrogens with one attached hydrogen (secondary N) is 1. The third-order valence-corrected chi connectivity index (χ3v) is 14.6. The molecule has 0 aromatic heterocycles. The van der Waals surface area contributed by atoms with Crippen LogP contribution in [-0.2, 0) is 23.7 Å². The largest absolute Gasteiger partial charge is 0.394 e. The molecule has 0 aromatic rings. The Labute approximate surface area is 471 Å². The van der Waals surface area contributed by atoms with Crippen molar-refractivity contribution in [3.8, 4) is 0 Å². The molecule has 78 heavy (non-hydrogen) atoms. The number of rotatable bonds is 48. The Morgan fingerprint density at radius 3 is 1.40 bits per heavy atom. The molecule has 12 unspecified atom stereocenters. The van der Waals surface area contributed by atoms with E-state index in [2.05, 4.69) is 79.9 Å². The minimum Gasteiger partial charge on any atom is -0.394 e. The summed E-state index contributed by atoms with van der Waals surface area (Å²) in [6.45, 7) is 2.60. The van der Waals surface area contributed by atoms with E-state index in [4.69, 9.17) is 18.9 Å². The smallest absolute Gasteiger partial charge is 0.220 e. The average Bonchev–Trinajstić information content (AvgIpc) is 3.47. The van der Waals surface area contributed by atoms with Crippen molar-refractivity contribution in [3.05, 3.63) is 85.1 Å². The third-order valence-electron chi connectivity index (χ3n) is 14.6. The minimum absolute atomic E-state index is 0.144. The van der Waals surface area contributed by atoms with Crippen LogP contribution in [-0.4, -0.2) is 140 Å². The maximum atomic E-state index is 13.2. The first-order chi connectivity index (χ1) is 38.1. The molecule has 2 aliphatic heterocycles. The highest BCUT2D eigenvalue weighted by Gasteiger charge is 2.51. The Balaban J connectivity index is 1.73. The number of carbonyl (C=O) groups excluding carboxylic acids is 1. The van der Waals surface area contributed by atoms with Crippen LogP contribution in [0.2, 0.25) is 0 Å². The van der Waals surface area contributed by atoms with Gasteiger partial charge in [-0.2, -0.15) is 0 Å². The first-order valence-electron chi connectivity index (χ1n) is 30.8. The SMILES string of the molecule is CC/C=C\C/C=C\C/C=C\C/C=C\CCC(=O)NC(COC1OC(CO)C(OC2OC(CO)C(O)C(O)C2O)C(O)C1O)C(O)/C=C/CC/C=C/CC/C=C/CCCCCCCCCCCCCCCCCCCCCCC. The molecule has 2 fully saturated rings. The summed E-state index contributed by atoms with van der Waals surface area (Å²) >= 11 is 0. The second kappa shape index (κ2) is 48.8. The minimum atomic E-state index is -1.80. The van der Waals surface area contributed by atoms with E-state index < -0.39 is 86.8 Å². The number of allylic oxidation sites excluding steroid dienone is 13. The molecule has 2 heterocycles. The van der Waals surface area contributed by atoms with E-state index in [1.54, 1.807) is 6.08 Å². The monoisotopic (exact) mass is 1100 g/mol. The third kappa shape index (κ3) is 33.8. The highest BCUT2D eigenvalue weighted by Crippen LogP contribution is 2.30. The predicted octanol–water partition coefficient (Wildman–Crippen LogP) is 10.9. The lowest BCUT2D eigenvalue weighted by atomic mass is 9.97. The fraction of sp³-hybridized carbons (Fsp3) is 0.766. The topological polar surface area (TPSA) is 228 Å². The molecule has 9 N–H and O–H groups in total. The van der Waals surface area contributed by atoms with Crippen LogP contribution in [0.4, 0.5) is 0 Å². The van der Waals surface area contributed by atoms with Crippen molar-refractivity contribution in [2.45, 2.75) is 293 Å². The summed E-state index contributed by atoms with van der Waals surface area (Å²) in [7, 11) is 0. The fourth-order valence-corrected chi connectivity index (χ4v) is 9.63. The van der Waals surface area contributed by atoms with Crippen LogP contribution >= 0.6 is 0 Å². The van der Waals surface area contributed by atoms with E-state index in [0.29, 0.717) is 12.8 Å². The average molecular weight is 1100 g/mol. The molecular weight excluding hydrogens is 991 g/mol. The van der Waals surface area contributed by atoms with Crippen molar-refractivity contribution in [3.63, 3.8) is 0 Å². The van der Waals surface area contributed by atoms with E-state index in [9.17, 15) is 45.6 Å². The predicted molar refractivity (Wildman–Crippen MR) is 313 cm³/mol. The Hall–Kier alpha value is -2.83. The Morgan fingerprint density at radius 2 is 0.897 bits per heavy atom. The lowest BCUT2D eigenvalue weighted by Gasteiger charge is -2.46. The van der Waals surface area contributed by atoms with Gasteiger partial charge in [-0.3, -0.25) is 4.79 Å². The van der Waals surface area contributed by atoms with Crippen molar-refractivity contribution in [1.82, 2.24) is 5.32 Å². The summed E-state index contributed by atoms with van der Waals surface area (Å²) in [6.07, 6.45) is 49.7. The van der Waals surface area contributed by atoms with E-state index >= 15 is 0 Å². The summed E-state index contributed by atoms with van der Waals surface area (Å²) < 4.78 is 22.7. The Bertz CT molecular complexity index is 1630. The van der Waals surface area contributed by atoms with Gasteiger partial charge in [0, 0.05) is 6.42 Å². The van der Waals surface area contributed by atoms with E-state index in [1.807, 2.05) is 18.2 Å². The zero-order chi connectivity index (χ0) is 56.7. The molecule has 0 aromatic carbocycles. The molecule has 14 nitrogen and oxygen atoms in total. The van der Waals surface area contributed by atoms with E-state index in [-0.39, 0.29) is 18.9 Å². The van der Waals surface area contributed by atoms with Gasteiger partial charge < -0.3 is 65.1 Å². The van der Waals surface area contributed by atoms with Crippen LogP contribution in [0.25, 0.3) is 0 Å². The number of hydrogen-bond donors (Lipinski definition) is 9. The van der Waals surface area contributed by atoms with Gasteiger partial charge in [0.15, 0.2) is 12.6 Å². The van der Waals surface area contributed by atoms with Crippen LogP contribution < -0.4 is 5.32 Å². The van der Waals surface area contributed by atoms with E-state index in [1.165, 1.54) is 135 Å². The molecule has 2 rings (SSSR count). The number of hydrogen-bond acceptors (Lipinski definition) is 13. The quantitative estimate of drug-likeness (QED) is 0.0204. The number of amides is 1. The summed E-state index contributed by atoms with van der Waals surface area (Å²) in [6, 6.07) is -0.981. The van der Waals surface area contributed by atoms with Crippen molar-refractivity contribution >= 4 is 5.91 Å². The number of unbranched alkanes of at least 4 members (excludes halogenated alkanes) is 23. The van der Waals surface area contributed by atoms with E-state index in [0.717, 1.165) is 51.4 Å². The molecule has 0 spiro atoms. The molecule has 0 saturated carbocycles. The van der Waals surface area contributed by atoms with Gasteiger partial charge in [-0.15, -0.1) is 0 Å². The molecule has 0 radical (unpaired) electrons. The van der Waals surface area contributed by atoms with Gasteiger partial charge in [-0.05, 0) is 70.6 Å². The van der Waals surface area contributed by atoms with Crippen molar-refractivity contribution < 1.29 is 64.6 Å². The molecule has 12 atom stereocenters. The molecule has 2 saturated heterocycles. The summed E-state index contributed by atoms with van der Waals surface area (Å²) in [5, 5.41) is 86.9.